The summed E-state index contributed by atoms with van der Waals surface area (Å²) in [5, 5.41) is 5.90. The Morgan fingerprint density at radius 1 is 1.20 bits per heavy atom. The molecule has 0 aliphatic carbocycles. The fraction of sp³-hybridized carbons (Fsp3) is 0.217. The number of hydrogen-bond acceptors (Lipinski definition) is 5. The van der Waals surface area contributed by atoms with Gasteiger partial charge in [-0.2, -0.15) is 0 Å². The van der Waals surface area contributed by atoms with Crippen molar-refractivity contribution >= 4 is 17.2 Å². The molecule has 1 aromatic carbocycles. The van der Waals surface area contributed by atoms with Gasteiger partial charge >= 0.3 is 0 Å². The van der Waals surface area contributed by atoms with Crippen LogP contribution < -0.4 is 11.1 Å². The molecular weight excluding hydrogens is 396 g/mol. The highest BCUT2D eigenvalue weighted by molar-refractivity contribution is 7.13. The van der Waals surface area contributed by atoms with Gasteiger partial charge in [0.25, 0.3) is 5.91 Å². The van der Waals surface area contributed by atoms with Crippen LogP contribution in [0.4, 0.5) is 0 Å². The van der Waals surface area contributed by atoms with Crippen molar-refractivity contribution in [2.45, 2.75) is 33.5 Å². The lowest BCUT2D eigenvalue weighted by atomic mass is 10.1. The molecule has 7 heteroatoms. The van der Waals surface area contributed by atoms with Crippen molar-refractivity contribution in [2.75, 3.05) is 0 Å². The van der Waals surface area contributed by atoms with Gasteiger partial charge in [-0.3, -0.25) is 4.79 Å². The van der Waals surface area contributed by atoms with E-state index in [4.69, 9.17) is 10.2 Å². The number of aryl methyl sites for hydroxylation is 1. The lowest BCUT2D eigenvalue weighted by Gasteiger charge is -2.09. The van der Waals surface area contributed by atoms with Gasteiger partial charge in [0.2, 0.25) is 0 Å². The molecule has 0 aliphatic heterocycles. The first kappa shape index (κ1) is 20.1. The van der Waals surface area contributed by atoms with Crippen molar-refractivity contribution in [3.8, 4) is 10.8 Å². The maximum absolute atomic E-state index is 12.8. The number of hydrogen-bond donors (Lipinski definition) is 2. The Labute approximate surface area is 179 Å². The highest BCUT2D eigenvalue weighted by Gasteiger charge is 2.17. The smallest absolute Gasteiger partial charge is 0.253 e. The molecule has 3 aromatic heterocycles. The van der Waals surface area contributed by atoms with Crippen molar-refractivity contribution in [3.63, 3.8) is 0 Å². The highest BCUT2D eigenvalue weighted by Crippen LogP contribution is 2.25. The van der Waals surface area contributed by atoms with Crippen molar-refractivity contribution in [2.24, 2.45) is 5.73 Å². The van der Waals surface area contributed by atoms with Crippen LogP contribution in [-0.4, -0.2) is 15.5 Å². The van der Waals surface area contributed by atoms with Crippen LogP contribution >= 0.6 is 11.3 Å². The van der Waals surface area contributed by atoms with Gasteiger partial charge in [-0.1, -0.05) is 24.3 Å². The Balaban J connectivity index is 1.45. The zero-order valence-corrected chi connectivity index (χ0v) is 17.8. The molecule has 0 atom stereocenters. The lowest BCUT2D eigenvalue weighted by molar-refractivity contribution is 0.0950. The van der Waals surface area contributed by atoms with E-state index in [1.807, 2.05) is 61.7 Å². The molecule has 6 nitrogen and oxygen atoms in total. The van der Waals surface area contributed by atoms with E-state index in [1.54, 1.807) is 17.6 Å². The van der Waals surface area contributed by atoms with E-state index in [0.29, 0.717) is 25.2 Å². The molecule has 3 heterocycles. The molecule has 0 saturated heterocycles. The third kappa shape index (κ3) is 4.22. The minimum absolute atomic E-state index is 0.0770. The standard InChI is InChI=1S/C23H24N4O2S/c1-15-10-20(22(28)25-12-18-7-5-17(11-24)6-8-18)16(2)27(15)13-19-14-30-23(26-19)21-4-3-9-29-21/h3-10,14H,11-13,24H2,1-2H3,(H,25,28). The van der Waals surface area contributed by atoms with E-state index in [-0.39, 0.29) is 5.91 Å². The van der Waals surface area contributed by atoms with Crippen LogP contribution in [0.5, 0.6) is 0 Å². The normalized spacial score (nSPS) is 11.0. The van der Waals surface area contributed by atoms with Crippen molar-refractivity contribution < 1.29 is 9.21 Å². The lowest BCUT2D eigenvalue weighted by Crippen LogP contribution is -2.23. The molecule has 0 spiro atoms. The molecule has 4 rings (SSSR count). The number of carbonyl (C=O) groups excluding carboxylic acids is 1. The van der Waals surface area contributed by atoms with E-state index < -0.39 is 0 Å². The summed E-state index contributed by atoms with van der Waals surface area (Å²) in [7, 11) is 0. The van der Waals surface area contributed by atoms with Crippen molar-refractivity contribution in [3.05, 3.63) is 87.9 Å². The Kier molecular flexibility index (Phi) is 5.83. The highest BCUT2D eigenvalue weighted by atomic mass is 32.1. The summed E-state index contributed by atoms with van der Waals surface area (Å²) in [6, 6.07) is 13.6. The number of nitrogens with one attached hydrogen (secondary N) is 1. The molecule has 154 valence electrons. The van der Waals surface area contributed by atoms with Gasteiger partial charge < -0.3 is 20.0 Å². The van der Waals surface area contributed by atoms with E-state index in [1.165, 1.54) is 0 Å². The minimum Gasteiger partial charge on any atom is -0.462 e. The van der Waals surface area contributed by atoms with E-state index >= 15 is 0 Å². The van der Waals surface area contributed by atoms with Crippen molar-refractivity contribution in [1.29, 1.82) is 0 Å². The first-order valence-corrected chi connectivity index (χ1v) is 10.6. The van der Waals surface area contributed by atoms with Crippen LogP contribution in [0, 0.1) is 13.8 Å². The average molecular weight is 421 g/mol. The molecule has 0 radical (unpaired) electrons. The monoisotopic (exact) mass is 420 g/mol. The summed E-state index contributed by atoms with van der Waals surface area (Å²) in [5.74, 6) is 0.693. The third-order valence-electron chi connectivity index (χ3n) is 5.13. The predicted molar refractivity (Wildman–Crippen MR) is 118 cm³/mol. The average Bonchev–Trinajstić information content (AvgIpc) is 3.50. The summed E-state index contributed by atoms with van der Waals surface area (Å²) in [4.78, 5) is 17.4. The van der Waals surface area contributed by atoms with Crippen LogP contribution in [0.2, 0.25) is 0 Å². The Morgan fingerprint density at radius 3 is 2.67 bits per heavy atom. The zero-order valence-electron chi connectivity index (χ0n) is 17.0. The molecular formula is C23H24N4O2S. The molecule has 4 aromatic rings. The molecule has 1 amide bonds. The number of aromatic nitrogens is 2. The largest absolute Gasteiger partial charge is 0.462 e. The second kappa shape index (κ2) is 8.69. The van der Waals surface area contributed by atoms with Gasteiger partial charge in [0, 0.05) is 29.9 Å². The quantitative estimate of drug-likeness (QED) is 0.468. The number of furan rings is 1. The minimum atomic E-state index is -0.0770. The second-order valence-electron chi connectivity index (χ2n) is 7.20. The van der Waals surface area contributed by atoms with E-state index in [9.17, 15) is 4.79 Å². The molecule has 0 fully saturated rings. The summed E-state index contributed by atoms with van der Waals surface area (Å²) < 4.78 is 7.54. The van der Waals surface area contributed by atoms with E-state index in [0.717, 1.165) is 39.0 Å². The Morgan fingerprint density at radius 2 is 1.97 bits per heavy atom. The van der Waals surface area contributed by atoms with Gasteiger partial charge in [0.05, 0.1) is 24.1 Å². The van der Waals surface area contributed by atoms with Crippen LogP contribution in [0.1, 0.15) is 38.6 Å². The van der Waals surface area contributed by atoms with Gasteiger partial charge in [0.1, 0.15) is 0 Å². The van der Waals surface area contributed by atoms with Crippen LogP contribution in [0.25, 0.3) is 10.8 Å². The summed E-state index contributed by atoms with van der Waals surface area (Å²) in [6.07, 6.45) is 1.65. The number of benzene rings is 1. The molecule has 0 aliphatic rings. The maximum atomic E-state index is 12.8. The van der Waals surface area contributed by atoms with Crippen LogP contribution in [0.15, 0.2) is 58.5 Å². The topological polar surface area (TPSA) is 86.1 Å². The zero-order chi connectivity index (χ0) is 21.1. The van der Waals surface area contributed by atoms with Gasteiger partial charge in [-0.15, -0.1) is 11.3 Å². The second-order valence-corrected chi connectivity index (χ2v) is 8.05. The number of thiazole rings is 1. The molecule has 0 unspecified atom stereocenters. The van der Waals surface area contributed by atoms with Crippen molar-refractivity contribution in [1.82, 2.24) is 14.9 Å². The number of amides is 1. The predicted octanol–water partition coefficient (Wildman–Crippen LogP) is 4.26. The summed E-state index contributed by atoms with van der Waals surface area (Å²) in [5.41, 5.74) is 11.3. The van der Waals surface area contributed by atoms with E-state index in [2.05, 4.69) is 14.9 Å². The Bertz CT molecular complexity index is 1140. The van der Waals surface area contributed by atoms with Gasteiger partial charge in [0.15, 0.2) is 10.8 Å². The third-order valence-corrected chi connectivity index (χ3v) is 6.04. The molecule has 3 N–H and O–H groups in total. The summed E-state index contributed by atoms with van der Waals surface area (Å²) >= 11 is 1.55. The number of nitrogens with two attached hydrogens (primary N) is 1. The number of carbonyl (C=O) groups is 1. The van der Waals surface area contributed by atoms with Crippen LogP contribution in [0.3, 0.4) is 0 Å². The SMILES string of the molecule is Cc1cc(C(=O)NCc2ccc(CN)cc2)c(C)n1Cc1csc(-c2ccco2)n1. The van der Waals surface area contributed by atoms with Gasteiger partial charge in [-0.25, -0.2) is 4.98 Å². The maximum Gasteiger partial charge on any atom is 0.253 e. The molecule has 0 saturated carbocycles. The van der Waals surface area contributed by atoms with Gasteiger partial charge in [-0.05, 0) is 43.2 Å². The molecule has 0 bridgehead atoms. The fourth-order valence-corrected chi connectivity index (χ4v) is 4.18. The Hall–Kier alpha value is -3.16. The summed E-state index contributed by atoms with van der Waals surface area (Å²) in [6.45, 7) is 5.59. The first-order chi connectivity index (χ1) is 14.5. The van der Waals surface area contributed by atoms with Crippen LogP contribution in [-0.2, 0) is 19.6 Å². The molecule has 30 heavy (non-hydrogen) atoms. The first-order valence-electron chi connectivity index (χ1n) is 9.76. The number of nitrogens with zero attached hydrogens (tertiary/aromatic N) is 2. The fourth-order valence-electron chi connectivity index (χ4n) is 3.40. The number of rotatable bonds is 7.